The first kappa shape index (κ1) is 45.4. The van der Waals surface area contributed by atoms with Gasteiger partial charge in [-0.2, -0.15) is 0 Å². The minimum Gasteiger partial charge on any atom is -0.497 e. The van der Waals surface area contributed by atoms with Gasteiger partial charge in [-0.25, -0.2) is 0 Å². The van der Waals surface area contributed by atoms with E-state index in [0.29, 0.717) is 37.4 Å². The lowest BCUT2D eigenvalue weighted by Crippen LogP contribution is -2.67. The first-order chi connectivity index (χ1) is 29.9. The fraction of sp³-hybridized carbons (Fsp3) is 0.618. The number of benzene rings is 2. The summed E-state index contributed by atoms with van der Waals surface area (Å²) in [6.45, 7) is 20.7. The van der Waals surface area contributed by atoms with Crippen LogP contribution in [-0.4, -0.2) is 80.4 Å². The number of hydrogen-bond donors (Lipinski definition) is 1. The number of piperazine rings is 1. The van der Waals surface area contributed by atoms with Crippen LogP contribution in [0.25, 0.3) is 12.2 Å². The summed E-state index contributed by atoms with van der Waals surface area (Å²) in [6, 6.07) is 15.6. The van der Waals surface area contributed by atoms with Crippen molar-refractivity contribution in [3.05, 3.63) is 83.5 Å². The summed E-state index contributed by atoms with van der Waals surface area (Å²) in [6.07, 6.45) is 20.5. The van der Waals surface area contributed by atoms with Gasteiger partial charge < -0.3 is 19.7 Å². The number of ketones is 1. The molecule has 0 bridgehead atoms. The van der Waals surface area contributed by atoms with E-state index in [1.807, 2.05) is 60.7 Å². The van der Waals surface area contributed by atoms with E-state index < -0.39 is 0 Å². The van der Waals surface area contributed by atoms with Crippen LogP contribution >= 0.6 is 0 Å². The maximum atomic E-state index is 15.2. The Hall–Kier alpha value is -4.17. The number of amides is 2. The van der Waals surface area contributed by atoms with Crippen molar-refractivity contribution >= 4 is 29.7 Å². The predicted molar refractivity (Wildman–Crippen MR) is 253 cm³/mol. The quantitative estimate of drug-likeness (QED) is 0.189. The zero-order valence-corrected chi connectivity index (χ0v) is 39.9. The van der Waals surface area contributed by atoms with Gasteiger partial charge in [0.2, 0.25) is 11.8 Å². The molecular formula is C55H75N3O5. The van der Waals surface area contributed by atoms with Crippen LogP contribution in [0.2, 0.25) is 0 Å². The van der Waals surface area contributed by atoms with Gasteiger partial charge in [-0.1, -0.05) is 90.5 Å². The smallest absolute Gasteiger partial charge is 0.244 e. The molecule has 2 aromatic rings. The summed E-state index contributed by atoms with van der Waals surface area (Å²) >= 11 is 0. The van der Waals surface area contributed by atoms with Crippen LogP contribution in [0.5, 0.6) is 11.5 Å². The third-order valence-corrected chi connectivity index (χ3v) is 18.6. The molecule has 1 N–H and O–H groups in total. The van der Waals surface area contributed by atoms with Crippen LogP contribution in [-0.2, 0) is 14.4 Å². The Balaban J connectivity index is 0.960. The van der Waals surface area contributed by atoms with Gasteiger partial charge in [0.15, 0.2) is 5.78 Å². The number of hydrogen-bond acceptors (Lipinski definition) is 6. The summed E-state index contributed by atoms with van der Waals surface area (Å²) in [5.41, 5.74) is 3.65. The van der Waals surface area contributed by atoms with Crippen molar-refractivity contribution in [1.29, 1.82) is 0 Å². The van der Waals surface area contributed by atoms with Crippen LogP contribution in [0, 0.1) is 50.2 Å². The van der Waals surface area contributed by atoms with Crippen molar-refractivity contribution < 1.29 is 23.9 Å². The topological polar surface area (TPSA) is 88.2 Å². The number of carbonyl (C=O) groups excluding carboxylic acids is 3. The second-order valence-electron chi connectivity index (χ2n) is 22.5. The summed E-state index contributed by atoms with van der Waals surface area (Å²) in [4.78, 5) is 46.0. The second kappa shape index (κ2) is 17.0. The molecule has 1 saturated heterocycles. The molecule has 5 aliphatic carbocycles. The standard InChI is InChI=1S/C55H75N3O5/c1-50(2)28-30-55(49(61)58-34-32-57(33-35-58)37-40(59)16-10-38-11-17-41(62-8)18-12-38)31-29-53(6)43(44(55)36-50)21-22-46-52(5)26-25-47(51(3,4)45(52)24-27-54(46,53)7)56-48(60)23-15-39-13-19-42(63-9)20-14-39/h10-21,23,44-47H,22,24-37H2,1-9H3,(H,56,60)/b16-10+,23-15+/t44-,45-,46+,47?,52-,53+,54+,55-/m0/s1. The minimum absolute atomic E-state index is 0.0207. The van der Waals surface area contributed by atoms with Gasteiger partial charge in [-0.3, -0.25) is 19.3 Å². The van der Waals surface area contributed by atoms with Crippen LogP contribution in [0.4, 0.5) is 0 Å². The summed E-state index contributed by atoms with van der Waals surface area (Å²) in [5, 5.41) is 3.47. The maximum Gasteiger partial charge on any atom is 0.244 e. The SMILES string of the molecule is COc1ccc(/C=C/C(=O)CN2CCN(C(=O)[C@]34CCC(C)(C)C[C@H]3C3=CC[C@@H]5[C@@]6(C)CCC(NC(=O)/C=C/c7ccc(OC)cc7)C(C)(C)[C@@H]6CC[C@@]5(C)[C@]3(C)CC4)CC2)cc1. The average Bonchev–Trinajstić information content (AvgIpc) is 3.26. The molecule has 2 aromatic carbocycles. The summed E-state index contributed by atoms with van der Waals surface area (Å²) in [7, 11) is 3.31. The van der Waals surface area contributed by atoms with Gasteiger partial charge in [-0.05, 0) is 157 Å². The van der Waals surface area contributed by atoms with Crippen molar-refractivity contribution in [3.8, 4) is 11.5 Å². The van der Waals surface area contributed by atoms with Gasteiger partial charge in [0, 0.05) is 38.3 Å². The molecule has 5 fully saturated rings. The van der Waals surface area contributed by atoms with Crippen molar-refractivity contribution in [2.75, 3.05) is 46.9 Å². The Morgan fingerprint density at radius 1 is 0.714 bits per heavy atom. The van der Waals surface area contributed by atoms with Crippen LogP contribution < -0.4 is 14.8 Å². The highest BCUT2D eigenvalue weighted by atomic mass is 16.5. The lowest BCUT2D eigenvalue weighted by molar-refractivity contribution is -0.190. The van der Waals surface area contributed by atoms with E-state index in [1.54, 1.807) is 31.9 Å². The second-order valence-corrected chi connectivity index (χ2v) is 22.5. The van der Waals surface area contributed by atoms with E-state index in [4.69, 9.17) is 9.47 Å². The number of fused-ring (bicyclic) bond motifs is 7. The van der Waals surface area contributed by atoms with E-state index in [-0.39, 0.29) is 56.1 Å². The van der Waals surface area contributed by atoms with Crippen LogP contribution in [0.3, 0.4) is 0 Å². The third-order valence-electron chi connectivity index (χ3n) is 18.6. The first-order valence-corrected chi connectivity index (χ1v) is 24.1. The van der Waals surface area contributed by atoms with E-state index in [0.717, 1.165) is 93.5 Å². The van der Waals surface area contributed by atoms with Gasteiger partial charge in [0.25, 0.3) is 0 Å². The Morgan fingerprint density at radius 3 is 1.94 bits per heavy atom. The lowest BCUT2D eigenvalue weighted by atomic mass is 9.33. The number of carbonyl (C=O) groups is 3. The molecule has 1 aliphatic heterocycles. The number of nitrogens with one attached hydrogen (secondary N) is 1. The minimum atomic E-state index is -0.357. The number of nitrogens with zero attached hydrogens (tertiary/aromatic N) is 2. The third kappa shape index (κ3) is 8.14. The predicted octanol–water partition coefficient (Wildman–Crippen LogP) is 10.4. The first-order valence-electron chi connectivity index (χ1n) is 24.1. The van der Waals surface area contributed by atoms with Crippen molar-refractivity contribution in [2.24, 2.45) is 50.2 Å². The number of ether oxygens (including phenoxy) is 2. The van der Waals surface area contributed by atoms with Crippen molar-refractivity contribution in [2.45, 2.75) is 119 Å². The summed E-state index contributed by atoms with van der Waals surface area (Å²) in [5.74, 6) is 3.35. The highest BCUT2D eigenvalue weighted by molar-refractivity contribution is 5.95. The molecule has 0 aromatic heterocycles. The largest absolute Gasteiger partial charge is 0.497 e. The highest BCUT2D eigenvalue weighted by Crippen LogP contribution is 2.76. The van der Waals surface area contributed by atoms with Gasteiger partial charge in [0.05, 0.1) is 26.2 Å². The lowest BCUT2D eigenvalue weighted by Gasteiger charge is -2.71. The monoisotopic (exact) mass is 858 g/mol. The maximum absolute atomic E-state index is 15.2. The zero-order valence-electron chi connectivity index (χ0n) is 39.9. The van der Waals surface area contributed by atoms with E-state index in [9.17, 15) is 9.59 Å². The average molecular weight is 858 g/mol. The Kier molecular flexibility index (Phi) is 12.2. The van der Waals surface area contributed by atoms with Crippen molar-refractivity contribution in [1.82, 2.24) is 15.1 Å². The van der Waals surface area contributed by atoms with E-state index in [2.05, 4.69) is 69.7 Å². The van der Waals surface area contributed by atoms with Gasteiger partial charge in [0.1, 0.15) is 11.5 Å². The molecular weight excluding hydrogens is 783 g/mol. The molecule has 8 nitrogen and oxygen atoms in total. The molecule has 0 spiro atoms. The van der Waals surface area contributed by atoms with Gasteiger partial charge in [-0.15, -0.1) is 0 Å². The Labute approximate surface area is 378 Å². The zero-order chi connectivity index (χ0) is 45.0. The number of allylic oxidation sites excluding steroid dienone is 2. The fourth-order valence-corrected chi connectivity index (χ4v) is 14.6. The fourth-order valence-electron chi connectivity index (χ4n) is 14.6. The molecule has 8 atom stereocenters. The molecule has 63 heavy (non-hydrogen) atoms. The molecule has 2 amide bonds. The normalized spacial score (nSPS) is 34.8. The summed E-state index contributed by atoms with van der Waals surface area (Å²) < 4.78 is 10.6. The van der Waals surface area contributed by atoms with E-state index >= 15 is 4.79 Å². The van der Waals surface area contributed by atoms with Gasteiger partial charge >= 0.3 is 0 Å². The van der Waals surface area contributed by atoms with Crippen LogP contribution in [0.1, 0.15) is 124 Å². The number of rotatable bonds is 10. The molecule has 1 unspecified atom stereocenters. The molecule has 8 rings (SSSR count). The molecule has 1 heterocycles. The Morgan fingerprint density at radius 2 is 1.32 bits per heavy atom. The molecule has 0 radical (unpaired) electrons. The molecule has 4 saturated carbocycles. The Bertz CT molecular complexity index is 2130. The number of methoxy groups -OCH3 is 2. The van der Waals surface area contributed by atoms with Crippen molar-refractivity contribution in [3.63, 3.8) is 0 Å². The molecule has 6 aliphatic rings. The highest BCUT2D eigenvalue weighted by Gasteiger charge is 2.69. The van der Waals surface area contributed by atoms with Crippen LogP contribution in [0.15, 0.2) is 72.3 Å². The molecule has 340 valence electrons. The van der Waals surface area contributed by atoms with E-state index in [1.165, 1.54) is 6.42 Å². The molecule has 8 heteroatoms.